The molecule has 0 radical (unpaired) electrons. The monoisotopic (exact) mass is 199 g/mol. The summed E-state index contributed by atoms with van der Waals surface area (Å²) in [6, 6.07) is 3.57. The fourth-order valence-corrected chi connectivity index (χ4v) is 1.35. The van der Waals surface area contributed by atoms with Gasteiger partial charge in [0.1, 0.15) is 0 Å². The number of thiol groups is 1. The van der Waals surface area contributed by atoms with Crippen LogP contribution in [0.15, 0.2) is 12.1 Å². The van der Waals surface area contributed by atoms with Gasteiger partial charge in [-0.05, 0) is 11.6 Å². The Kier molecular flexibility index (Phi) is 3.31. The maximum atomic E-state index is 5.75. The summed E-state index contributed by atoms with van der Waals surface area (Å²) in [6.45, 7) is 0. The molecule has 0 fully saturated rings. The highest BCUT2D eigenvalue weighted by molar-refractivity contribution is 7.79. The van der Waals surface area contributed by atoms with Gasteiger partial charge in [0.05, 0.1) is 14.2 Å². The third-order valence-corrected chi connectivity index (χ3v) is 2.16. The molecular weight excluding hydrogens is 186 g/mol. The van der Waals surface area contributed by atoms with Gasteiger partial charge in [-0.15, -0.1) is 0 Å². The second-order valence-corrected chi connectivity index (χ2v) is 2.88. The maximum absolute atomic E-state index is 5.75. The Morgan fingerprint density at radius 3 is 2.23 bits per heavy atom. The number of anilines is 1. The van der Waals surface area contributed by atoms with Crippen molar-refractivity contribution in [2.24, 2.45) is 0 Å². The third kappa shape index (κ3) is 2.01. The number of methoxy groups -OCH3 is 2. The standard InChI is InChI=1S/C9H13NO2S/c1-11-8-3-6(5-13)7(10)4-9(8)12-2/h3-4,13H,5,10H2,1-2H3. The van der Waals surface area contributed by atoms with Crippen molar-refractivity contribution in [2.45, 2.75) is 5.75 Å². The lowest BCUT2D eigenvalue weighted by Gasteiger charge is -2.10. The zero-order chi connectivity index (χ0) is 9.84. The van der Waals surface area contributed by atoms with Crippen LogP contribution in [0.3, 0.4) is 0 Å². The lowest BCUT2D eigenvalue weighted by atomic mass is 10.2. The molecule has 0 heterocycles. The Hall–Kier alpha value is -1.03. The first-order valence-corrected chi connectivity index (χ1v) is 4.47. The molecule has 3 nitrogen and oxygen atoms in total. The van der Waals surface area contributed by atoms with E-state index < -0.39 is 0 Å². The quantitative estimate of drug-likeness (QED) is 0.575. The second kappa shape index (κ2) is 4.28. The number of nitrogen functional groups attached to an aromatic ring is 1. The van der Waals surface area contributed by atoms with Crippen LogP contribution in [0.25, 0.3) is 0 Å². The van der Waals surface area contributed by atoms with E-state index in [-0.39, 0.29) is 0 Å². The predicted octanol–water partition coefficient (Wildman–Crippen LogP) is 1.72. The van der Waals surface area contributed by atoms with E-state index in [1.807, 2.05) is 6.07 Å². The number of hydrogen-bond acceptors (Lipinski definition) is 4. The van der Waals surface area contributed by atoms with Gasteiger partial charge in [-0.25, -0.2) is 0 Å². The minimum atomic E-state index is 0.589. The van der Waals surface area contributed by atoms with Gasteiger partial charge < -0.3 is 15.2 Å². The Morgan fingerprint density at radius 1 is 1.23 bits per heavy atom. The van der Waals surface area contributed by atoms with E-state index in [0.717, 1.165) is 5.56 Å². The van der Waals surface area contributed by atoms with E-state index in [1.165, 1.54) is 0 Å². The van der Waals surface area contributed by atoms with E-state index in [0.29, 0.717) is 22.9 Å². The van der Waals surface area contributed by atoms with Crippen LogP contribution >= 0.6 is 12.6 Å². The van der Waals surface area contributed by atoms with Gasteiger partial charge in [0.2, 0.25) is 0 Å². The number of ether oxygens (including phenoxy) is 2. The van der Waals surface area contributed by atoms with Crippen molar-refractivity contribution in [3.63, 3.8) is 0 Å². The van der Waals surface area contributed by atoms with Crippen molar-refractivity contribution in [2.75, 3.05) is 20.0 Å². The number of rotatable bonds is 3. The summed E-state index contributed by atoms with van der Waals surface area (Å²) in [6.07, 6.45) is 0. The van der Waals surface area contributed by atoms with Crippen molar-refractivity contribution < 1.29 is 9.47 Å². The van der Waals surface area contributed by atoms with Crippen LogP contribution in [-0.2, 0) is 5.75 Å². The summed E-state index contributed by atoms with van der Waals surface area (Å²) in [4.78, 5) is 0. The highest BCUT2D eigenvalue weighted by Gasteiger charge is 2.07. The molecule has 0 aromatic heterocycles. The molecule has 0 aliphatic carbocycles. The Balaban J connectivity index is 3.18. The van der Waals surface area contributed by atoms with Gasteiger partial charge in [0, 0.05) is 17.5 Å². The SMILES string of the molecule is COc1cc(N)c(CS)cc1OC. The smallest absolute Gasteiger partial charge is 0.162 e. The highest BCUT2D eigenvalue weighted by Crippen LogP contribution is 2.32. The summed E-state index contributed by atoms with van der Waals surface area (Å²) in [7, 11) is 3.17. The van der Waals surface area contributed by atoms with Crippen molar-refractivity contribution in [3.05, 3.63) is 17.7 Å². The van der Waals surface area contributed by atoms with Crippen LogP contribution in [-0.4, -0.2) is 14.2 Å². The Morgan fingerprint density at radius 2 is 1.77 bits per heavy atom. The molecular formula is C9H13NO2S. The van der Waals surface area contributed by atoms with Crippen LogP contribution in [0.1, 0.15) is 5.56 Å². The third-order valence-electron chi connectivity index (χ3n) is 1.82. The average molecular weight is 199 g/mol. The lowest BCUT2D eigenvalue weighted by Crippen LogP contribution is -1.96. The van der Waals surface area contributed by atoms with Crippen LogP contribution in [0.4, 0.5) is 5.69 Å². The molecule has 0 aliphatic rings. The molecule has 1 aromatic carbocycles. The van der Waals surface area contributed by atoms with E-state index >= 15 is 0 Å². The summed E-state index contributed by atoms with van der Waals surface area (Å²) >= 11 is 4.15. The first-order valence-electron chi connectivity index (χ1n) is 3.84. The molecule has 1 aromatic rings. The molecule has 0 atom stereocenters. The molecule has 1 rings (SSSR count). The molecule has 13 heavy (non-hydrogen) atoms. The van der Waals surface area contributed by atoms with Crippen LogP contribution in [0, 0.1) is 0 Å². The molecule has 0 spiro atoms. The van der Waals surface area contributed by atoms with E-state index in [9.17, 15) is 0 Å². The van der Waals surface area contributed by atoms with Gasteiger partial charge in [0.15, 0.2) is 11.5 Å². The molecule has 72 valence electrons. The fraction of sp³-hybridized carbons (Fsp3) is 0.333. The zero-order valence-electron chi connectivity index (χ0n) is 7.70. The minimum absolute atomic E-state index is 0.589. The van der Waals surface area contributed by atoms with Gasteiger partial charge in [-0.2, -0.15) is 12.6 Å². The van der Waals surface area contributed by atoms with Crippen molar-refractivity contribution in [1.29, 1.82) is 0 Å². The van der Waals surface area contributed by atoms with E-state index in [4.69, 9.17) is 15.2 Å². The van der Waals surface area contributed by atoms with Gasteiger partial charge in [0.25, 0.3) is 0 Å². The maximum Gasteiger partial charge on any atom is 0.162 e. The van der Waals surface area contributed by atoms with Crippen LogP contribution in [0.2, 0.25) is 0 Å². The van der Waals surface area contributed by atoms with E-state index in [2.05, 4.69) is 12.6 Å². The largest absolute Gasteiger partial charge is 0.493 e. The summed E-state index contributed by atoms with van der Waals surface area (Å²) in [5.41, 5.74) is 7.37. The van der Waals surface area contributed by atoms with Crippen molar-refractivity contribution in [3.8, 4) is 11.5 Å². The van der Waals surface area contributed by atoms with E-state index in [1.54, 1.807) is 20.3 Å². The Labute approximate surface area is 83.2 Å². The normalized spacial score (nSPS) is 9.77. The average Bonchev–Trinajstić information content (AvgIpc) is 2.17. The molecule has 0 saturated carbocycles. The van der Waals surface area contributed by atoms with Crippen LogP contribution < -0.4 is 15.2 Å². The topological polar surface area (TPSA) is 44.5 Å². The first kappa shape index (κ1) is 10.1. The molecule has 0 bridgehead atoms. The number of hydrogen-bond donors (Lipinski definition) is 2. The van der Waals surface area contributed by atoms with Gasteiger partial charge >= 0.3 is 0 Å². The Bertz CT molecular complexity index is 302. The fourth-order valence-electron chi connectivity index (χ4n) is 1.07. The summed E-state index contributed by atoms with van der Waals surface area (Å²) in [5.74, 6) is 1.91. The van der Waals surface area contributed by atoms with Gasteiger partial charge in [-0.1, -0.05) is 0 Å². The van der Waals surface area contributed by atoms with Gasteiger partial charge in [-0.3, -0.25) is 0 Å². The second-order valence-electron chi connectivity index (χ2n) is 2.56. The number of nitrogens with two attached hydrogens (primary N) is 1. The highest BCUT2D eigenvalue weighted by atomic mass is 32.1. The molecule has 4 heteroatoms. The van der Waals surface area contributed by atoms with Crippen molar-refractivity contribution >= 4 is 18.3 Å². The van der Waals surface area contributed by atoms with Crippen molar-refractivity contribution in [1.82, 2.24) is 0 Å². The molecule has 0 unspecified atom stereocenters. The summed E-state index contributed by atoms with van der Waals surface area (Å²) in [5, 5.41) is 0. The summed E-state index contributed by atoms with van der Waals surface area (Å²) < 4.78 is 10.2. The minimum Gasteiger partial charge on any atom is -0.493 e. The molecule has 0 aliphatic heterocycles. The molecule has 2 N–H and O–H groups in total. The first-order chi connectivity index (χ1) is 6.22. The zero-order valence-corrected chi connectivity index (χ0v) is 8.60. The molecule has 0 amide bonds. The van der Waals surface area contributed by atoms with Crippen LogP contribution in [0.5, 0.6) is 11.5 Å². The lowest BCUT2D eigenvalue weighted by molar-refractivity contribution is 0.355. The predicted molar refractivity (Wildman–Crippen MR) is 56.6 cm³/mol. The molecule has 0 saturated heterocycles. The number of benzene rings is 1.